The normalized spacial score (nSPS) is 12.4. The summed E-state index contributed by atoms with van der Waals surface area (Å²) in [4.78, 5) is 12.2. The summed E-state index contributed by atoms with van der Waals surface area (Å²) in [6, 6.07) is 10.0. The van der Waals surface area contributed by atoms with E-state index in [1.807, 2.05) is 43.4 Å². The van der Waals surface area contributed by atoms with Crippen molar-refractivity contribution < 1.29 is 14.5 Å². The molecular formula is C18H25N2O2+. The van der Waals surface area contributed by atoms with E-state index in [1.54, 1.807) is 6.26 Å². The number of quaternary nitrogens is 1. The zero-order valence-electron chi connectivity index (χ0n) is 13.7. The Hall–Kier alpha value is -2.07. The third kappa shape index (κ3) is 3.98. The molecule has 0 aliphatic heterocycles. The lowest BCUT2D eigenvalue weighted by molar-refractivity contribution is -0.684. The molecule has 4 nitrogen and oxygen atoms in total. The standard InChI is InChI=1S/C18H24N2O2/c1-12(2)15-8-5-7-13(3)18(15)20-17(21)11-19-14(4)16-9-6-10-22-16/h5-10,12,14,19H,11H2,1-4H3,(H,20,21)/p+1/t14-/m1/s1. The third-order valence-electron chi connectivity index (χ3n) is 3.84. The van der Waals surface area contributed by atoms with Gasteiger partial charge < -0.3 is 15.1 Å². The van der Waals surface area contributed by atoms with Crippen molar-refractivity contribution in [2.75, 3.05) is 11.9 Å². The molecule has 0 fully saturated rings. The SMILES string of the molecule is Cc1cccc(C(C)C)c1NC(=O)C[NH2+][C@H](C)c1ccco1. The maximum atomic E-state index is 12.2. The summed E-state index contributed by atoms with van der Waals surface area (Å²) in [6.07, 6.45) is 1.65. The van der Waals surface area contributed by atoms with Crippen molar-refractivity contribution in [3.05, 3.63) is 53.5 Å². The lowest BCUT2D eigenvalue weighted by Gasteiger charge is -2.16. The number of amides is 1. The molecule has 22 heavy (non-hydrogen) atoms. The van der Waals surface area contributed by atoms with Crippen LogP contribution in [0, 0.1) is 6.92 Å². The number of nitrogens with two attached hydrogens (primary N) is 1. The van der Waals surface area contributed by atoms with E-state index in [9.17, 15) is 4.79 Å². The van der Waals surface area contributed by atoms with Crippen LogP contribution in [-0.2, 0) is 4.79 Å². The van der Waals surface area contributed by atoms with Crippen LogP contribution in [0.3, 0.4) is 0 Å². The number of furan rings is 1. The van der Waals surface area contributed by atoms with Gasteiger partial charge in [0.2, 0.25) is 0 Å². The van der Waals surface area contributed by atoms with Crippen LogP contribution in [0.15, 0.2) is 41.0 Å². The number of carbonyl (C=O) groups excluding carboxylic acids is 1. The fourth-order valence-corrected chi connectivity index (χ4v) is 2.48. The van der Waals surface area contributed by atoms with E-state index in [2.05, 4.69) is 25.2 Å². The summed E-state index contributed by atoms with van der Waals surface area (Å²) >= 11 is 0. The minimum absolute atomic E-state index is 0.00889. The fraction of sp³-hybridized carbons (Fsp3) is 0.389. The molecule has 1 heterocycles. The second-order valence-corrected chi connectivity index (χ2v) is 5.99. The smallest absolute Gasteiger partial charge is 0.279 e. The number of anilines is 1. The number of hydrogen-bond donors (Lipinski definition) is 2. The maximum absolute atomic E-state index is 12.2. The van der Waals surface area contributed by atoms with Gasteiger partial charge in [-0.3, -0.25) is 4.79 Å². The summed E-state index contributed by atoms with van der Waals surface area (Å²) in [6.45, 7) is 8.69. The Morgan fingerprint density at radius 2 is 2.00 bits per heavy atom. The van der Waals surface area contributed by atoms with Crippen molar-refractivity contribution in [3.63, 3.8) is 0 Å². The van der Waals surface area contributed by atoms with Crippen LogP contribution in [0.25, 0.3) is 0 Å². The third-order valence-corrected chi connectivity index (χ3v) is 3.84. The second kappa shape index (κ2) is 7.27. The molecule has 0 aliphatic carbocycles. The summed E-state index contributed by atoms with van der Waals surface area (Å²) in [5.74, 6) is 1.27. The van der Waals surface area contributed by atoms with E-state index in [0.29, 0.717) is 12.5 Å². The molecule has 118 valence electrons. The minimum atomic E-state index is 0.00889. The zero-order valence-corrected chi connectivity index (χ0v) is 13.7. The monoisotopic (exact) mass is 301 g/mol. The van der Waals surface area contributed by atoms with Gasteiger partial charge in [-0.05, 0) is 43.0 Å². The first-order valence-corrected chi connectivity index (χ1v) is 7.75. The number of rotatable bonds is 6. The van der Waals surface area contributed by atoms with Crippen molar-refractivity contribution in [3.8, 4) is 0 Å². The van der Waals surface area contributed by atoms with Crippen LogP contribution < -0.4 is 10.6 Å². The minimum Gasteiger partial charge on any atom is -0.463 e. The first-order chi connectivity index (χ1) is 10.5. The summed E-state index contributed by atoms with van der Waals surface area (Å²) < 4.78 is 5.35. The fourth-order valence-electron chi connectivity index (χ4n) is 2.48. The van der Waals surface area contributed by atoms with E-state index in [-0.39, 0.29) is 11.9 Å². The molecule has 0 unspecified atom stereocenters. The van der Waals surface area contributed by atoms with Crippen LogP contribution in [0.4, 0.5) is 5.69 Å². The summed E-state index contributed by atoms with van der Waals surface area (Å²) in [5.41, 5.74) is 3.22. The molecule has 0 spiro atoms. The molecule has 0 radical (unpaired) electrons. The van der Waals surface area contributed by atoms with Crippen LogP contribution >= 0.6 is 0 Å². The van der Waals surface area contributed by atoms with Gasteiger partial charge >= 0.3 is 0 Å². The van der Waals surface area contributed by atoms with E-state index < -0.39 is 0 Å². The zero-order chi connectivity index (χ0) is 16.1. The van der Waals surface area contributed by atoms with Crippen LogP contribution in [-0.4, -0.2) is 12.5 Å². The largest absolute Gasteiger partial charge is 0.463 e. The molecule has 2 aromatic rings. The Morgan fingerprint density at radius 1 is 1.23 bits per heavy atom. The second-order valence-electron chi connectivity index (χ2n) is 5.99. The topological polar surface area (TPSA) is 58.9 Å². The highest BCUT2D eigenvalue weighted by Gasteiger charge is 2.16. The first kappa shape index (κ1) is 16.3. The molecule has 0 saturated heterocycles. The molecule has 1 amide bonds. The van der Waals surface area contributed by atoms with Crippen LogP contribution in [0.2, 0.25) is 0 Å². The van der Waals surface area contributed by atoms with Gasteiger partial charge in [0, 0.05) is 5.69 Å². The van der Waals surface area contributed by atoms with Crippen LogP contribution in [0.1, 0.15) is 49.6 Å². The lowest BCUT2D eigenvalue weighted by atomic mass is 9.98. The number of nitrogens with one attached hydrogen (secondary N) is 1. The van der Waals surface area contributed by atoms with Crippen molar-refractivity contribution in [1.29, 1.82) is 0 Å². The highest BCUT2D eigenvalue weighted by molar-refractivity contribution is 5.93. The summed E-state index contributed by atoms with van der Waals surface area (Å²) in [7, 11) is 0. The predicted molar refractivity (Wildman–Crippen MR) is 87.8 cm³/mol. The molecule has 4 heteroatoms. The molecular weight excluding hydrogens is 276 g/mol. The Labute approximate surface area is 131 Å². The number of aryl methyl sites for hydroxylation is 1. The van der Waals surface area contributed by atoms with Gasteiger partial charge in [-0.1, -0.05) is 32.0 Å². The van der Waals surface area contributed by atoms with Crippen molar-refractivity contribution >= 4 is 11.6 Å². The van der Waals surface area contributed by atoms with Gasteiger partial charge in [0.1, 0.15) is 6.04 Å². The first-order valence-electron chi connectivity index (χ1n) is 7.75. The molecule has 3 N–H and O–H groups in total. The van der Waals surface area contributed by atoms with Crippen molar-refractivity contribution in [2.24, 2.45) is 0 Å². The van der Waals surface area contributed by atoms with E-state index in [1.165, 1.54) is 5.56 Å². The van der Waals surface area contributed by atoms with E-state index >= 15 is 0 Å². The van der Waals surface area contributed by atoms with Crippen molar-refractivity contribution in [2.45, 2.75) is 39.7 Å². The quantitative estimate of drug-likeness (QED) is 0.861. The predicted octanol–water partition coefficient (Wildman–Crippen LogP) is 2.97. The molecule has 2 rings (SSSR count). The Morgan fingerprint density at radius 3 is 2.64 bits per heavy atom. The average Bonchev–Trinajstić information content (AvgIpc) is 3.01. The molecule has 1 atom stereocenters. The molecule has 0 bridgehead atoms. The average molecular weight is 301 g/mol. The lowest BCUT2D eigenvalue weighted by Crippen LogP contribution is -2.86. The maximum Gasteiger partial charge on any atom is 0.279 e. The molecule has 0 saturated carbocycles. The van der Waals surface area contributed by atoms with Gasteiger partial charge in [0.05, 0.1) is 6.26 Å². The van der Waals surface area contributed by atoms with E-state index in [0.717, 1.165) is 17.0 Å². The molecule has 1 aromatic carbocycles. The van der Waals surface area contributed by atoms with Gasteiger partial charge in [0.15, 0.2) is 12.3 Å². The van der Waals surface area contributed by atoms with Crippen LogP contribution in [0.5, 0.6) is 0 Å². The molecule has 0 aliphatic rings. The molecule has 1 aromatic heterocycles. The highest BCUT2D eigenvalue weighted by Crippen LogP contribution is 2.27. The number of benzene rings is 1. The van der Waals surface area contributed by atoms with Gasteiger partial charge in [-0.2, -0.15) is 0 Å². The Balaban J connectivity index is 1.98. The number of para-hydroxylation sites is 1. The Kier molecular flexibility index (Phi) is 5.39. The van der Waals surface area contributed by atoms with E-state index in [4.69, 9.17) is 4.42 Å². The van der Waals surface area contributed by atoms with Gasteiger partial charge in [-0.25, -0.2) is 0 Å². The summed E-state index contributed by atoms with van der Waals surface area (Å²) in [5, 5.41) is 5.03. The van der Waals surface area contributed by atoms with Crippen molar-refractivity contribution in [1.82, 2.24) is 0 Å². The Bertz CT molecular complexity index is 618. The van der Waals surface area contributed by atoms with Gasteiger partial charge in [0.25, 0.3) is 5.91 Å². The highest BCUT2D eigenvalue weighted by atomic mass is 16.3. The number of carbonyl (C=O) groups is 1. The van der Waals surface area contributed by atoms with Gasteiger partial charge in [-0.15, -0.1) is 0 Å². The number of hydrogen-bond acceptors (Lipinski definition) is 2.